The summed E-state index contributed by atoms with van der Waals surface area (Å²) in [5.41, 5.74) is 1.51. The third-order valence-electron chi connectivity index (χ3n) is 4.64. The molecule has 0 saturated carbocycles. The van der Waals surface area contributed by atoms with E-state index in [0.29, 0.717) is 5.56 Å². The molecule has 3 rings (SSSR count). The molecule has 1 aliphatic heterocycles. The smallest absolute Gasteiger partial charge is 0.326 e. The van der Waals surface area contributed by atoms with E-state index in [1.54, 1.807) is 25.1 Å². The third-order valence-corrected chi connectivity index (χ3v) is 4.64. The highest BCUT2D eigenvalue weighted by Gasteiger charge is 2.49. The molecule has 3 amide bonds. The largest absolute Gasteiger partial charge is 0.460 e. The average molecular weight is 378 g/mol. The van der Waals surface area contributed by atoms with Gasteiger partial charge in [-0.3, -0.25) is 14.5 Å². The second kappa shape index (κ2) is 8.08. The Morgan fingerprint density at radius 3 is 2.46 bits per heavy atom. The van der Waals surface area contributed by atoms with Gasteiger partial charge in [0.05, 0.1) is 0 Å². The lowest BCUT2D eigenvalue weighted by Crippen LogP contribution is -2.41. The Kier molecular flexibility index (Phi) is 5.59. The summed E-state index contributed by atoms with van der Waals surface area (Å²) in [6.07, 6.45) is 3.53. The molecular formula is C22H22N2O4. The first-order chi connectivity index (χ1) is 13.4. The molecule has 1 atom stereocenters. The molecule has 144 valence electrons. The summed E-state index contributed by atoms with van der Waals surface area (Å²) in [5, 5.41) is 2.68. The number of aryl methyl sites for hydroxylation is 1. The molecule has 0 aromatic heterocycles. The number of benzene rings is 2. The average Bonchev–Trinajstić information content (AvgIpc) is 2.90. The monoisotopic (exact) mass is 378 g/mol. The highest BCUT2D eigenvalue weighted by molar-refractivity contribution is 6.08. The van der Waals surface area contributed by atoms with Crippen molar-refractivity contribution < 1.29 is 19.1 Å². The molecule has 1 saturated heterocycles. The predicted molar refractivity (Wildman–Crippen MR) is 105 cm³/mol. The van der Waals surface area contributed by atoms with Crippen LogP contribution in [0.4, 0.5) is 4.79 Å². The van der Waals surface area contributed by atoms with Crippen LogP contribution in [0.2, 0.25) is 0 Å². The van der Waals surface area contributed by atoms with Crippen molar-refractivity contribution in [2.75, 3.05) is 13.2 Å². The molecule has 1 N–H and O–H groups in total. The Morgan fingerprint density at radius 2 is 1.79 bits per heavy atom. The second-order valence-electron chi connectivity index (χ2n) is 6.81. The Bertz CT molecular complexity index is 906. The van der Waals surface area contributed by atoms with E-state index in [9.17, 15) is 14.4 Å². The van der Waals surface area contributed by atoms with Gasteiger partial charge in [-0.05, 0) is 31.1 Å². The van der Waals surface area contributed by atoms with Crippen molar-refractivity contribution in [3.05, 3.63) is 77.4 Å². The minimum atomic E-state index is -1.20. The molecule has 2 aromatic rings. The molecular weight excluding hydrogens is 356 g/mol. The van der Waals surface area contributed by atoms with Gasteiger partial charge in [0.25, 0.3) is 5.91 Å². The number of ether oxygens (including phenoxy) is 1. The number of nitrogens with zero attached hydrogens (tertiary/aromatic N) is 1. The Morgan fingerprint density at radius 1 is 1.11 bits per heavy atom. The van der Waals surface area contributed by atoms with Gasteiger partial charge in [-0.25, -0.2) is 4.79 Å². The number of rotatable bonds is 6. The van der Waals surface area contributed by atoms with Crippen LogP contribution in [0, 0.1) is 6.92 Å². The topological polar surface area (TPSA) is 75.7 Å². The molecule has 0 spiro atoms. The van der Waals surface area contributed by atoms with Crippen LogP contribution in [0.15, 0.2) is 60.7 Å². The zero-order chi connectivity index (χ0) is 20.1. The van der Waals surface area contributed by atoms with Crippen molar-refractivity contribution in [3.63, 3.8) is 0 Å². The van der Waals surface area contributed by atoms with E-state index in [1.807, 2.05) is 55.5 Å². The van der Waals surface area contributed by atoms with Gasteiger partial charge >= 0.3 is 12.0 Å². The van der Waals surface area contributed by atoms with Crippen LogP contribution in [-0.2, 0) is 19.9 Å². The van der Waals surface area contributed by atoms with E-state index in [1.165, 1.54) is 0 Å². The molecule has 0 unspecified atom stereocenters. The van der Waals surface area contributed by atoms with Crippen LogP contribution in [0.5, 0.6) is 0 Å². The molecule has 0 aliphatic carbocycles. The third kappa shape index (κ3) is 4.11. The maximum absolute atomic E-state index is 12.8. The maximum atomic E-state index is 12.8. The Balaban J connectivity index is 1.58. The van der Waals surface area contributed by atoms with Crippen molar-refractivity contribution in [1.82, 2.24) is 10.2 Å². The zero-order valence-corrected chi connectivity index (χ0v) is 15.8. The first-order valence-corrected chi connectivity index (χ1v) is 8.98. The number of carbonyl (C=O) groups excluding carboxylic acids is 3. The molecule has 6 nitrogen and oxygen atoms in total. The van der Waals surface area contributed by atoms with Crippen LogP contribution in [0.25, 0.3) is 6.08 Å². The molecule has 1 aliphatic rings. The van der Waals surface area contributed by atoms with Gasteiger partial charge in [0.15, 0.2) is 0 Å². The van der Waals surface area contributed by atoms with Crippen molar-refractivity contribution in [2.45, 2.75) is 19.4 Å². The van der Waals surface area contributed by atoms with Crippen molar-refractivity contribution >= 4 is 24.0 Å². The highest BCUT2D eigenvalue weighted by atomic mass is 16.5. The molecule has 6 heteroatoms. The predicted octanol–water partition coefficient (Wildman–Crippen LogP) is 3.02. The number of esters is 1. The lowest BCUT2D eigenvalue weighted by atomic mass is 9.91. The normalized spacial score (nSPS) is 19.1. The summed E-state index contributed by atoms with van der Waals surface area (Å²) in [6.45, 7) is 3.21. The summed E-state index contributed by atoms with van der Waals surface area (Å²) in [5.74, 6) is -1.12. The standard InChI is InChI=1S/C22H22N2O4/c1-16-10-12-18(13-11-16)22(2)20(26)24(21(27)23-22)15-19(25)28-14-6-9-17-7-4-3-5-8-17/h3-13H,14-15H2,1-2H3,(H,23,27)/b9-6+/t22-/m1/s1. The van der Waals surface area contributed by atoms with Crippen molar-refractivity contribution in [1.29, 1.82) is 0 Å². The number of hydrogen-bond acceptors (Lipinski definition) is 4. The van der Waals surface area contributed by atoms with E-state index in [4.69, 9.17) is 4.74 Å². The van der Waals surface area contributed by atoms with E-state index < -0.39 is 30.0 Å². The van der Waals surface area contributed by atoms with Crippen LogP contribution in [0.3, 0.4) is 0 Å². The second-order valence-corrected chi connectivity index (χ2v) is 6.81. The van der Waals surface area contributed by atoms with Gasteiger partial charge in [0.1, 0.15) is 18.7 Å². The lowest BCUT2D eigenvalue weighted by Gasteiger charge is -2.22. The highest BCUT2D eigenvalue weighted by Crippen LogP contribution is 2.28. The van der Waals surface area contributed by atoms with Gasteiger partial charge in [-0.2, -0.15) is 0 Å². The maximum Gasteiger partial charge on any atom is 0.326 e. The summed E-state index contributed by atoms with van der Waals surface area (Å²) < 4.78 is 5.11. The quantitative estimate of drug-likeness (QED) is 0.619. The van der Waals surface area contributed by atoms with Crippen molar-refractivity contribution in [3.8, 4) is 0 Å². The molecule has 1 heterocycles. The lowest BCUT2D eigenvalue weighted by molar-refractivity contribution is -0.146. The fourth-order valence-corrected chi connectivity index (χ4v) is 2.99. The molecule has 28 heavy (non-hydrogen) atoms. The van der Waals surface area contributed by atoms with Crippen LogP contribution < -0.4 is 5.32 Å². The first-order valence-electron chi connectivity index (χ1n) is 8.98. The van der Waals surface area contributed by atoms with Gasteiger partial charge < -0.3 is 10.1 Å². The van der Waals surface area contributed by atoms with E-state index >= 15 is 0 Å². The van der Waals surface area contributed by atoms with E-state index in [-0.39, 0.29) is 6.61 Å². The molecule has 0 radical (unpaired) electrons. The van der Waals surface area contributed by atoms with Crippen molar-refractivity contribution in [2.24, 2.45) is 0 Å². The SMILES string of the molecule is Cc1ccc([C@@]2(C)NC(=O)N(CC(=O)OC/C=C/c3ccccc3)C2=O)cc1. The van der Waals surface area contributed by atoms with Gasteiger partial charge in [-0.15, -0.1) is 0 Å². The van der Waals surface area contributed by atoms with Gasteiger partial charge in [-0.1, -0.05) is 66.2 Å². The fraction of sp³-hybridized carbons (Fsp3) is 0.227. The Labute approximate surface area is 163 Å². The van der Waals surface area contributed by atoms with Crippen LogP contribution >= 0.6 is 0 Å². The number of nitrogens with one attached hydrogen (secondary N) is 1. The fourth-order valence-electron chi connectivity index (χ4n) is 2.99. The molecule has 0 bridgehead atoms. The summed E-state index contributed by atoms with van der Waals surface area (Å²) in [6, 6.07) is 16.3. The van der Waals surface area contributed by atoms with Gasteiger partial charge in [0.2, 0.25) is 0 Å². The minimum absolute atomic E-state index is 0.0621. The van der Waals surface area contributed by atoms with E-state index in [0.717, 1.165) is 16.0 Å². The number of imide groups is 1. The number of carbonyl (C=O) groups is 3. The zero-order valence-electron chi connectivity index (χ0n) is 15.8. The minimum Gasteiger partial charge on any atom is -0.460 e. The number of amides is 3. The summed E-state index contributed by atoms with van der Waals surface area (Å²) in [7, 11) is 0. The summed E-state index contributed by atoms with van der Waals surface area (Å²) in [4.78, 5) is 38.0. The van der Waals surface area contributed by atoms with Gasteiger partial charge in [0, 0.05) is 0 Å². The number of hydrogen-bond donors (Lipinski definition) is 1. The van der Waals surface area contributed by atoms with E-state index in [2.05, 4.69) is 5.32 Å². The summed E-state index contributed by atoms with van der Waals surface area (Å²) >= 11 is 0. The first kappa shape index (κ1) is 19.4. The number of urea groups is 1. The Hall–Kier alpha value is -3.41. The molecule has 1 fully saturated rings. The van der Waals surface area contributed by atoms with Crippen LogP contribution in [-0.4, -0.2) is 36.0 Å². The molecule has 2 aromatic carbocycles. The van der Waals surface area contributed by atoms with Crippen LogP contribution in [0.1, 0.15) is 23.6 Å².